The van der Waals surface area contributed by atoms with Crippen LogP contribution in [0.15, 0.2) is 58.9 Å². The topological polar surface area (TPSA) is 87.9 Å². The first-order valence-corrected chi connectivity index (χ1v) is 12.9. The van der Waals surface area contributed by atoms with Gasteiger partial charge in [0.1, 0.15) is 12.4 Å². The summed E-state index contributed by atoms with van der Waals surface area (Å²) in [6.07, 6.45) is 0.892. The van der Waals surface area contributed by atoms with Gasteiger partial charge in [-0.15, -0.1) is 11.3 Å². The van der Waals surface area contributed by atoms with Gasteiger partial charge in [0.2, 0.25) is 10.0 Å². The molecule has 3 aromatic rings. The zero-order valence-electron chi connectivity index (χ0n) is 17.0. The molecule has 2 aromatic carbocycles. The summed E-state index contributed by atoms with van der Waals surface area (Å²) in [5.74, 6) is -0.112. The number of rotatable bonds is 8. The molecule has 0 radical (unpaired) electrons. The quantitative estimate of drug-likeness (QED) is 0.363. The summed E-state index contributed by atoms with van der Waals surface area (Å²) in [6, 6.07) is 11.8. The normalized spacial score (nSPS) is 14.9. The molecule has 4 rings (SSSR count). The Bertz CT molecular complexity index is 1310. The lowest BCUT2D eigenvalue weighted by Crippen LogP contribution is -2.18. The number of primary sulfonamides is 1. The summed E-state index contributed by atoms with van der Waals surface area (Å²) in [7, 11) is -3.78. The van der Waals surface area contributed by atoms with E-state index in [0.717, 1.165) is 8.66 Å². The Morgan fingerprint density at radius 1 is 1.24 bits per heavy atom. The number of nitrogens with two attached hydrogens (primary N) is 1. The van der Waals surface area contributed by atoms with Crippen LogP contribution in [0.5, 0.6) is 17.2 Å². The molecule has 1 aromatic heterocycles. The summed E-state index contributed by atoms with van der Waals surface area (Å²) < 4.78 is 67.5. The van der Waals surface area contributed by atoms with Gasteiger partial charge in [0.05, 0.1) is 20.0 Å². The van der Waals surface area contributed by atoms with Crippen LogP contribution < -0.4 is 19.3 Å². The summed E-state index contributed by atoms with van der Waals surface area (Å²) >= 11 is 4.88. The van der Waals surface area contributed by atoms with Crippen LogP contribution in [0.3, 0.4) is 0 Å². The number of sulfonamides is 1. The van der Waals surface area contributed by atoms with Crippen LogP contribution in [0.1, 0.15) is 22.1 Å². The first-order chi connectivity index (χ1) is 15.7. The molecule has 2 heterocycles. The maximum Gasteiger partial charge on any atom is 0.387 e. The number of hydrogen-bond donors (Lipinski definition) is 1. The molecule has 2 N–H and O–H groups in total. The van der Waals surface area contributed by atoms with Crippen molar-refractivity contribution in [2.75, 3.05) is 6.61 Å². The van der Waals surface area contributed by atoms with E-state index in [4.69, 9.17) is 19.3 Å². The molecule has 11 heteroatoms. The van der Waals surface area contributed by atoms with Gasteiger partial charge in [0.25, 0.3) is 0 Å². The van der Waals surface area contributed by atoms with E-state index >= 15 is 0 Å². The van der Waals surface area contributed by atoms with Gasteiger partial charge in [0, 0.05) is 5.56 Å². The third kappa shape index (κ3) is 5.21. The van der Waals surface area contributed by atoms with E-state index in [1.165, 1.54) is 23.5 Å². The van der Waals surface area contributed by atoms with Gasteiger partial charge in [-0.2, -0.15) is 8.78 Å². The van der Waals surface area contributed by atoms with Gasteiger partial charge < -0.3 is 14.2 Å². The van der Waals surface area contributed by atoms with E-state index in [1.54, 1.807) is 24.3 Å². The molecule has 1 atom stereocenters. The van der Waals surface area contributed by atoms with Gasteiger partial charge in [-0.05, 0) is 51.3 Å². The second kappa shape index (κ2) is 9.41. The second-order valence-electron chi connectivity index (χ2n) is 7.11. The van der Waals surface area contributed by atoms with Crippen LogP contribution in [-0.2, 0) is 15.8 Å². The van der Waals surface area contributed by atoms with Crippen LogP contribution in [0.25, 0.3) is 11.1 Å². The summed E-state index contributed by atoms with van der Waals surface area (Å²) in [4.78, 5) is 0.838. The van der Waals surface area contributed by atoms with Gasteiger partial charge in [-0.1, -0.05) is 30.9 Å². The number of ether oxygens (including phenoxy) is 3. The molecule has 0 saturated heterocycles. The highest BCUT2D eigenvalue weighted by Crippen LogP contribution is 2.53. The van der Waals surface area contributed by atoms with Crippen molar-refractivity contribution in [1.29, 1.82) is 0 Å². The molecule has 6 nitrogen and oxygen atoms in total. The molecule has 0 bridgehead atoms. The van der Waals surface area contributed by atoms with E-state index in [0.29, 0.717) is 28.0 Å². The van der Waals surface area contributed by atoms with E-state index in [-0.39, 0.29) is 23.9 Å². The maximum atomic E-state index is 13.3. The van der Waals surface area contributed by atoms with Crippen molar-refractivity contribution in [3.63, 3.8) is 0 Å². The Morgan fingerprint density at radius 2 is 2.03 bits per heavy atom. The molecular formula is C22H18BrF2NO5S2. The average Bonchev–Trinajstić information content (AvgIpc) is 3.16. The van der Waals surface area contributed by atoms with Crippen molar-refractivity contribution >= 4 is 37.3 Å². The Labute approximate surface area is 201 Å². The minimum atomic E-state index is -3.78. The number of benzene rings is 2. The third-order valence-electron chi connectivity index (χ3n) is 4.78. The van der Waals surface area contributed by atoms with Crippen molar-refractivity contribution in [2.45, 2.75) is 18.5 Å². The van der Waals surface area contributed by atoms with Crippen LogP contribution in [0.4, 0.5) is 8.78 Å². The molecule has 0 aliphatic carbocycles. The van der Waals surface area contributed by atoms with Gasteiger partial charge >= 0.3 is 6.61 Å². The van der Waals surface area contributed by atoms with Crippen molar-refractivity contribution < 1.29 is 31.4 Å². The predicted molar refractivity (Wildman–Crippen MR) is 126 cm³/mol. The standard InChI is InChI=1S/C22H18BrF2NO5S2/c1-2-9-29-16-6-5-15-19(21(16)31-22(24)25)13-4-3-12(11-33(26,27)28)10-14(13)20(30-15)17-7-8-18(23)32-17/h2-8,10,20,22H,1,9,11H2,(H2,26,27,28). The van der Waals surface area contributed by atoms with Crippen LogP contribution in [-0.4, -0.2) is 21.6 Å². The van der Waals surface area contributed by atoms with Crippen LogP contribution in [0, 0.1) is 0 Å². The predicted octanol–water partition coefficient (Wildman–Crippen LogP) is 5.61. The number of hydrogen-bond acceptors (Lipinski definition) is 6. The van der Waals surface area contributed by atoms with Crippen molar-refractivity contribution in [1.82, 2.24) is 0 Å². The second-order valence-corrected chi connectivity index (χ2v) is 11.2. The van der Waals surface area contributed by atoms with E-state index in [9.17, 15) is 17.2 Å². The monoisotopic (exact) mass is 557 g/mol. The number of halogens is 3. The Kier molecular flexibility index (Phi) is 6.76. The van der Waals surface area contributed by atoms with Gasteiger partial charge in [-0.25, -0.2) is 13.6 Å². The lowest BCUT2D eigenvalue weighted by atomic mass is 9.90. The highest BCUT2D eigenvalue weighted by Gasteiger charge is 2.33. The van der Waals surface area contributed by atoms with E-state index in [2.05, 4.69) is 22.5 Å². The molecule has 1 unspecified atom stereocenters. The number of alkyl halides is 2. The summed E-state index contributed by atoms with van der Waals surface area (Å²) in [5, 5.41) is 5.22. The number of thiophene rings is 1. The summed E-state index contributed by atoms with van der Waals surface area (Å²) in [5.41, 5.74) is 1.89. The highest BCUT2D eigenvalue weighted by molar-refractivity contribution is 9.11. The van der Waals surface area contributed by atoms with Gasteiger partial charge in [-0.3, -0.25) is 0 Å². The zero-order chi connectivity index (χ0) is 23.8. The fraction of sp³-hybridized carbons (Fsp3) is 0.182. The molecule has 1 aliphatic heterocycles. The molecule has 0 saturated carbocycles. The zero-order valence-corrected chi connectivity index (χ0v) is 20.2. The lowest BCUT2D eigenvalue weighted by Gasteiger charge is -2.30. The van der Waals surface area contributed by atoms with Crippen molar-refractivity contribution in [2.24, 2.45) is 5.14 Å². The lowest BCUT2D eigenvalue weighted by molar-refractivity contribution is -0.0511. The van der Waals surface area contributed by atoms with Crippen LogP contribution in [0.2, 0.25) is 0 Å². The van der Waals surface area contributed by atoms with Crippen molar-refractivity contribution in [3.05, 3.63) is 74.9 Å². The minimum absolute atomic E-state index is 0.0885. The molecule has 33 heavy (non-hydrogen) atoms. The SMILES string of the molecule is C=CCOc1ccc2c(c1OC(F)F)-c1ccc(CS(N)(=O)=O)cc1C(c1ccc(Br)s1)O2. The smallest absolute Gasteiger partial charge is 0.387 e. The minimum Gasteiger partial charge on any atom is -0.486 e. The Morgan fingerprint density at radius 3 is 2.67 bits per heavy atom. The molecule has 0 amide bonds. The average molecular weight is 558 g/mol. The van der Waals surface area contributed by atoms with Crippen LogP contribution >= 0.6 is 27.3 Å². The maximum absolute atomic E-state index is 13.3. The largest absolute Gasteiger partial charge is 0.486 e. The first-order valence-electron chi connectivity index (χ1n) is 9.57. The highest BCUT2D eigenvalue weighted by atomic mass is 79.9. The summed E-state index contributed by atoms with van der Waals surface area (Å²) in [6.45, 7) is 0.564. The molecule has 0 fully saturated rings. The molecular weight excluding hydrogens is 540 g/mol. The van der Waals surface area contributed by atoms with Crippen molar-refractivity contribution in [3.8, 4) is 28.4 Å². The third-order valence-corrected chi connectivity index (χ3v) is 7.18. The first kappa shape index (κ1) is 23.7. The fourth-order valence-corrected chi connectivity index (χ4v) is 5.73. The van der Waals surface area contributed by atoms with Gasteiger partial charge in [0.15, 0.2) is 17.6 Å². The number of fused-ring (bicyclic) bond motifs is 3. The Hall–Kier alpha value is -2.47. The molecule has 0 spiro atoms. The molecule has 1 aliphatic rings. The van der Waals surface area contributed by atoms with E-state index in [1.807, 2.05) is 12.1 Å². The Balaban J connectivity index is 1.93. The molecule has 174 valence electrons. The fourth-order valence-electron chi connectivity index (χ4n) is 3.62. The van der Waals surface area contributed by atoms with E-state index < -0.39 is 22.7 Å².